The zero-order valence-electron chi connectivity index (χ0n) is 4.37. The van der Waals surface area contributed by atoms with Crippen molar-refractivity contribution in [3.63, 3.8) is 0 Å². The van der Waals surface area contributed by atoms with Crippen LogP contribution in [-0.4, -0.2) is 16.9 Å². The highest BCUT2D eigenvalue weighted by Crippen LogP contribution is 1.91. The van der Waals surface area contributed by atoms with Gasteiger partial charge in [0.05, 0.1) is 6.20 Å². The lowest BCUT2D eigenvalue weighted by molar-refractivity contribution is 0.363. The molecule has 0 unspecified atom stereocenters. The summed E-state index contributed by atoms with van der Waals surface area (Å²) in [6, 6.07) is 0. The number of rotatable bonds is 2. The van der Waals surface area contributed by atoms with E-state index in [0.717, 1.165) is 5.76 Å². The van der Waals surface area contributed by atoms with E-state index in [2.05, 4.69) is 14.9 Å². The summed E-state index contributed by atoms with van der Waals surface area (Å²) >= 11 is 0. The van der Waals surface area contributed by atoms with Gasteiger partial charge in [0.2, 0.25) is 0 Å². The maximum absolute atomic E-state index is 5.20. The van der Waals surface area contributed by atoms with Crippen LogP contribution in [0.2, 0.25) is 0 Å². The van der Waals surface area contributed by atoms with Gasteiger partial charge in [0.1, 0.15) is 0 Å². The first-order chi connectivity index (χ1) is 3.93. The Balaban J connectivity index is 2.50. The lowest BCUT2D eigenvalue weighted by Gasteiger charge is -1.82. The van der Waals surface area contributed by atoms with Crippen molar-refractivity contribution < 1.29 is 4.52 Å². The van der Waals surface area contributed by atoms with Crippen LogP contribution < -0.4 is 5.73 Å². The molecule has 8 heavy (non-hydrogen) atoms. The molecule has 0 aliphatic heterocycles. The summed E-state index contributed by atoms with van der Waals surface area (Å²) in [4.78, 5) is 0. The molecule has 0 amide bonds. The molecule has 0 aliphatic rings. The average molecular weight is 113 g/mol. The smallest absolute Gasteiger partial charge is 0.158 e. The van der Waals surface area contributed by atoms with E-state index in [0.29, 0.717) is 13.0 Å². The summed E-state index contributed by atoms with van der Waals surface area (Å²) in [5.41, 5.74) is 5.20. The topological polar surface area (TPSA) is 64.9 Å². The number of aromatic nitrogens is 2. The molecule has 0 aliphatic carbocycles. The molecule has 0 spiro atoms. The van der Waals surface area contributed by atoms with Gasteiger partial charge in [-0.15, -0.1) is 5.10 Å². The fourth-order valence-corrected chi connectivity index (χ4v) is 0.440. The first kappa shape index (κ1) is 5.24. The molecule has 0 saturated heterocycles. The standard InChI is InChI=1S/C4H7N3O/c5-2-1-4-3-6-7-8-4/h3H,1-2,5H2. The largest absolute Gasteiger partial charge is 0.342 e. The van der Waals surface area contributed by atoms with Crippen LogP contribution in [0.5, 0.6) is 0 Å². The molecule has 1 aromatic rings. The Labute approximate surface area is 46.7 Å². The van der Waals surface area contributed by atoms with Crippen molar-refractivity contribution in [3.8, 4) is 0 Å². The summed E-state index contributed by atoms with van der Waals surface area (Å²) in [5.74, 6) is 0.743. The molecule has 4 heteroatoms. The second-order valence-electron chi connectivity index (χ2n) is 1.42. The maximum atomic E-state index is 5.20. The highest BCUT2D eigenvalue weighted by Gasteiger charge is 1.92. The molecule has 0 fully saturated rings. The number of nitrogens with zero attached hydrogens (tertiary/aromatic N) is 2. The Bertz CT molecular complexity index is 137. The van der Waals surface area contributed by atoms with Gasteiger partial charge in [0, 0.05) is 11.7 Å². The van der Waals surface area contributed by atoms with Crippen molar-refractivity contribution in [2.75, 3.05) is 6.54 Å². The van der Waals surface area contributed by atoms with Crippen LogP contribution in [0.4, 0.5) is 0 Å². The van der Waals surface area contributed by atoms with Gasteiger partial charge >= 0.3 is 0 Å². The molecule has 1 aromatic heterocycles. The van der Waals surface area contributed by atoms with Crippen molar-refractivity contribution in [2.45, 2.75) is 6.42 Å². The first-order valence-electron chi connectivity index (χ1n) is 2.40. The number of hydrogen-bond donors (Lipinski definition) is 1. The number of nitrogens with two attached hydrogens (primary N) is 1. The van der Waals surface area contributed by atoms with E-state index < -0.39 is 0 Å². The third kappa shape index (κ3) is 1.04. The quantitative estimate of drug-likeness (QED) is 0.565. The van der Waals surface area contributed by atoms with E-state index in [9.17, 15) is 0 Å². The Hall–Kier alpha value is -0.900. The van der Waals surface area contributed by atoms with Crippen LogP contribution in [0, 0.1) is 0 Å². The van der Waals surface area contributed by atoms with E-state index >= 15 is 0 Å². The Morgan fingerprint density at radius 1 is 1.75 bits per heavy atom. The zero-order chi connectivity index (χ0) is 5.82. The molecule has 1 heterocycles. The van der Waals surface area contributed by atoms with Crippen LogP contribution in [-0.2, 0) is 6.42 Å². The lowest BCUT2D eigenvalue weighted by Crippen LogP contribution is -2.01. The van der Waals surface area contributed by atoms with Gasteiger partial charge < -0.3 is 10.3 Å². The van der Waals surface area contributed by atoms with Gasteiger partial charge in [-0.1, -0.05) is 0 Å². The zero-order valence-corrected chi connectivity index (χ0v) is 4.37. The van der Waals surface area contributed by atoms with E-state index in [1.165, 1.54) is 0 Å². The summed E-state index contributed by atoms with van der Waals surface area (Å²) in [7, 11) is 0. The Morgan fingerprint density at radius 3 is 3.12 bits per heavy atom. The minimum absolute atomic E-state index is 0.580. The molecule has 0 radical (unpaired) electrons. The van der Waals surface area contributed by atoms with E-state index in [-0.39, 0.29) is 0 Å². The molecule has 44 valence electrons. The van der Waals surface area contributed by atoms with Crippen LogP contribution in [0.1, 0.15) is 5.76 Å². The van der Waals surface area contributed by atoms with Crippen LogP contribution in [0.15, 0.2) is 10.7 Å². The minimum Gasteiger partial charge on any atom is -0.342 e. The fourth-order valence-electron chi connectivity index (χ4n) is 0.440. The average Bonchev–Trinajstić information content (AvgIpc) is 2.19. The Morgan fingerprint density at radius 2 is 2.62 bits per heavy atom. The predicted molar refractivity (Wildman–Crippen MR) is 27.1 cm³/mol. The normalized spacial score (nSPS) is 9.62. The molecule has 0 atom stereocenters. The summed E-state index contributed by atoms with van der Waals surface area (Å²) < 4.78 is 4.63. The van der Waals surface area contributed by atoms with Crippen molar-refractivity contribution in [2.24, 2.45) is 5.73 Å². The second-order valence-corrected chi connectivity index (χ2v) is 1.42. The second kappa shape index (κ2) is 2.42. The highest BCUT2D eigenvalue weighted by molar-refractivity contribution is 4.85. The highest BCUT2D eigenvalue weighted by atomic mass is 16.5. The maximum Gasteiger partial charge on any atom is 0.158 e. The number of hydrogen-bond acceptors (Lipinski definition) is 4. The third-order valence-electron chi connectivity index (χ3n) is 0.798. The van der Waals surface area contributed by atoms with Gasteiger partial charge in [0.25, 0.3) is 0 Å². The lowest BCUT2D eigenvalue weighted by atomic mass is 10.4. The minimum atomic E-state index is 0.580. The molecule has 2 N–H and O–H groups in total. The predicted octanol–water partition coefficient (Wildman–Crippen LogP) is -0.429. The van der Waals surface area contributed by atoms with Crippen molar-refractivity contribution >= 4 is 0 Å². The van der Waals surface area contributed by atoms with Gasteiger partial charge in [-0.3, -0.25) is 0 Å². The Kier molecular flexibility index (Phi) is 1.58. The van der Waals surface area contributed by atoms with Gasteiger partial charge in [-0.05, 0) is 6.54 Å². The van der Waals surface area contributed by atoms with Crippen molar-refractivity contribution in [3.05, 3.63) is 12.0 Å². The van der Waals surface area contributed by atoms with Gasteiger partial charge in [0.15, 0.2) is 5.76 Å². The molecule has 4 nitrogen and oxygen atoms in total. The molecule has 0 bridgehead atoms. The van der Waals surface area contributed by atoms with E-state index in [1.807, 2.05) is 0 Å². The molecular weight excluding hydrogens is 106 g/mol. The van der Waals surface area contributed by atoms with Crippen LogP contribution >= 0.6 is 0 Å². The van der Waals surface area contributed by atoms with Crippen molar-refractivity contribution in [1.29, 1.82) is 0 Å². The molecule has 0 saturated carbocycles. The monoisotopic (exact) mass is 113 g/mol. The van der Waals surface area contributed by atoms with E-state index in [1.54, 1.807) is 6.20 Å². The fraction of sp³-hybridized carbons (Fsp3) is 0.500. The van der Waals surface area contributed by atoms with E-state index in [4.69, 9.17) is 5.73 Å². The summed E-state index contributed by atoms with van der Waals surface area (Å²) in [6.45, 7) is 0.580. The summed E-state index contributed by atoms with van der Waals surface area (Å²) in [5, 5.41) is 6.73. The van der Waals surface area contributed by atoms with Crippen LogP contribution in [0.25, 0.3) is 0 Å². The third-order valence-corrected chi connectivity index (χ3v) is 0.798. The first-order valence-corrected chi connectivity index (χ1v) is 2.40. The molecular formula is C4H7N3O. The molecule has 1 rings (SSSR count). The SMILES string of the molecule is NCCc1cnno1. The van der Waals surface area contributed by atoms with Gasteiger partial charge in [-0.25, -0.2) is 0 Å². The van der Waals surface area contributed by atoms with Gasteiger partial charge in [-0.2, -0.15) is 0 Å². The van der Waals surface area contributed by atoms with Crippen molar-refractivity contribution in [1.82, 2.24) is 10.4 Å². The van der Waals surface area contributed by atoms with Crippen LogP contribution in [0.3, 0.4) is 0 Å². The summed E-state index contributed by atoms with van der Waals surface area (Å²) in [6.07, 6.45) is 2.28. The molecule has 0 aromatic carbocycles.